The zero-order valence-corrected chi connectivity index (χ0v) is 14.6. The van der Waals surface area contributed by atoms with Gasteiger partial charge in [0.05, 0.1) is 22.3 Å². The fourth-order valence-corrected chi connectivity index (χ4v) is 2.74. The molecular weight excluding hydrogens is 404 g/mol. The molecule has 0 saturated heterocycles. The number of rotatable bonds is 2. The van der Waals surface area contributed by atoms with Crippen LogP contribution in [0.15, 0.2) is 54.7 Å². The summed E-state index contributed by atoms with van der Waals surface area (Å²) in [6, 6.07) is 9.84. The summed E-state index contributed by atoms with van der Waals surface area (Å²) in [5.41, 5.74) is -2.29. The lowest BCUT2D eigenvalue weighted by molar-refractivity contribution is -0.143. The van der Waals surface area contributed by atoms with Gasteiger partial charge in [0, 0.05) is 17.3 Å². The maximum absolute atomic E-state index is 12.9. The average Bonchev–Trinajstić information content (AvgIpc) is 2.60. The number of benzene rings is 2. The van der Waals surface area contributed by atoms with Crippen molar-refractivity contribution in [2.24, 2.45) is 0 Å². The Bertz CT molecular complexity index is 992. The molecule has 28 heavy (non-hydrogen) atoms. The normalized spacial score (nSPS) is 12.1. The van der Waals surface area contributed by atoms with Gasteiger partial charge in [-0.2, -0.15) is 26.3 Å². The van der Waals surface area contributed by atoms with Crippen molar-refractivity contribution in [2.45, 2.75) is 12.4 Å². The van der Waals surface area contributed by atoms with Gasteiger partial charge >= 0.3 is 12.4 Å². The molecule has 2 N–H and O–H groups in total. The van der Waals surface area contributed by atoms with Crippen molar-refractivity contribution in [2.75, 3.05) is 10.6 Å². The number of thiocarbonyl (C=S) groups is 1. The van der Waals surface area contributed by atoms with E-state index in [9.17, 15) is 26.3 Å². The molecular formula is C18H11F6N3S. The van der Waals surface area contributed by atoms with E-state index in [1.807, 2.05) is 0 Å². The van der Waals surface area contributed by atoms with Gasteiger partial charge in [-0.05, 0) is 42.5 Å². The molecule has 0 spiro atoms. The number of pyridine rings is 1. The Balaban J connectivity index is 1.89. The number of halogens is 6. The Morgan fingerprint density at radius 2 is 1.43 bits per heavy atom. The summed E-state index contributed by atoms with van der Waals surface area (Å²) in [4.78, 5) is 4.19. The smallest absolute Gasteiger partial charge is 0.332 e. The molecule has 0 aliphatic rings. The molecule has 0 aliphatic carbocycles. The van der Waals surface area contributed by atoms with Gasteiger partial charge in [0.15, 0.2) is 5.11 Å². The van der Waals surface area contributed by atoms with E-state index in [0.717, 1.165) is 5.39 Å². The fraction of sp³-hybridized carbons (Fsp3) is 0.111. The van der Waals surface area contributed by atoms with Crippen LogP contribution in [-0.4, -0.2) is 10.1 Å². The SMILES string of the molecule is FC(F)(F)c1cc(NC(=S)Nc2cccc3cccnc23)cc(C(F)(F)F)c1. The van der Waals surface area contributed by atoms with Gasteiger partial charge in [-0.25, -0.2) is 0 Å². The zero-order chi connectivity index (χ0) is 20.5. The highest BCUT2D eigenvalue weighted by molar-refractivity contribution is 7.80. The number of alkyl halides is 6. The fourth-order valence-electron chi connectivity index (χ4n) is 2.52. The van der Waals surface area contributed by atoms with Crippen LogP contribution in [0.3, 0.4) is 0 Å². The molecule has 0 fully saturated rings. The minimum absolute atomic E-state index is 0.0519. The summed E-state index contributed by atoms with van der Waals surface area (Å²) < 4.78 is 77.7. The zero-order valence-electron chi connectivity index (χ0n) is 13.8. The Hall–Kier alpha value is -2.88. The summed E-state index contributed by atoms with van der Waals surface area (Å²) in [5.74, 6) is 0. The Labute approximate surface area is 160 Å². The van der Waals surface area contributed by atoms with Crippen LogP contribution in [-0.2, 0) is 12.4 Å². The summed E-state index contributed by atoms with van der Waals surface area (Å²) >= 11 is 5.04. The van der Waals surface area contributed by atoms with E-state index in [1.165, 1.54) is 0 Å². The van der Waals surface area contributed by atoms with Crippen molar-refractivity contribution in [1.29, 1.82) is 0 Å². The molecule has 3 nitrogen and oxygen atoms in total. The predicted octanol–water partition coefficient (Wildman–Crippen LogP) is 6.08. The Morgan fingerprint density at radius 3 is 2.04 bits per heavy atom. The van der Waals surface area contributed by atoms with Gasteiger partial charge in [0.25, 0.3) is 0 Å². The molecule has 10 heteroatoms. The number of anilines is 2. The topological polar surface area (TPSA) is 37.0 Å². The number of hydrogen-bond donors (Lipinski definition) is 2. The predicted molar refractivity (Wildman–Crippen MR) is 98.0 cm³/mol. The molecule has 2 aromatic carbocycles. The lowest BCUT2D eigenvalue weighted by Gasteiger charge is -2.16. The first-order chi connectivity index (χ1) is 13.0. The van der Waals surface area contributed by atoms with E-state index in [-0.39, 0.29) is 11.2 Å². The van der Waals surface area contributed by atoms with Crippen LogP contribution >= 0.6 is 12.2 Å². The molecule has 0 bridgehead atoms. The van der Waals surface area contributed by atoms with E-state index >= 15 is 0 Å². The highest BCUT2D eigenvalue weighted by Gasteiger charge is 2.37. The molecule has 0 amide bonds. The number of fused-ring (bicyclic) bond motifs is 1. The maximum Gasteiger partial charge on any atom is 0.416 e. The standard InChI is InChI=1S/C18H11F6N3S/c19-17(20,21)11-7-12(18(22,23)24)9-13(8-11)26-16(28)27-14-5-1-3-10-4-2-6-25-15(10)14/h1-9H,(H2,26,27,28). The molecule has 3 aromatic rings. The summed E-state index contributed by atoms with van der Waals surface area (Å²) in [6.07, 6.45) is -8.33. The second kappa shape index (κ2) is 7.27. The molecule has 146 valence electrons. The van der Waals surface area contributed by atoms with Gasteiger partial charge in [0.2, 0.25) is 0 Å². The second-order valence-corrected chi connectivity index (χ2v) is 6.16. The highest BCUT2D eigenvalue weighted by Crippen LogP contribution is 2.37. The van der Waals surface area contributed by atoms with Crippen LogP contribution < -0.4 is 10.6 Å². The molecule has 0 saturated carbocycles. The van der Waals surface area contributed by atoms with Gasteiger partial charge in [-0.3, -0.25) is 4.98 Å². The summed E-state index contributed by atoms with van der Waals surface area (Å²) in [5, 5.41) is 5.73. The van der Waals surface area contributed by atoms with E-state index < -0.39 is 29.2 Å². The van der Waals surface area contributed by atoms with Crippen molar-refractivity contribution in [3.05, 3.63) is 65.9 Å². The van der Waals surface area contributed by atoms with E-state index in [4.69, 9.17) is 12.2 Å². The van der Waals surface area contributed by atoms with Crippen LogP contribution in [0.4, 0.5) is 37.7 Å². The average molecular weight is 415 g/mol. The number of hydrogen-bond acceptors (Lipinski definition) is 2. The molecule has 1 aromatic heterocycles. The maximum atomic E-state index is 12.9. The Kier molecular flexibility index (Phi) is 5.16. The largest absolute Gasteiger partial charge is 0.416 e. The van der Waals surface area contributed by atoms with Crippen molar-refractivity contribution in [3.8, 4) is 0 Å². The van der Waals surface area contributed by atoms with E-state index in [0.29, 0.717) is 23.3 Å². The number of para-hydroxylation sites is 1. The molecule has 1 heterocycles. The molecule has 3 rings (SSSR count). The molecule has 0 radical (unpaired) electrons. The number of aromatic nitrogens is 1. The third-order valence-electron chi connectivity index (χ3n) is 3.73. The minimum Gasteiger partial charge on any atom is -0.332 e. The van der Waals surface area contributed by atoms with Gasteiger partial charge in [-0.1, -0.05) is 18.2 Å². The summed E-state index contributed by atoms with van der Waals surface area (Å²) in [6.45, 7) is 0. The summed E-state index contributed by atoms with van der Waals surface area (Å²) in [7, 11) is 0. The van der Waals surface area contributed by atoms with Gasteiger partial charge < -0.3 is 10.6 Å². The van der Waals surface area contributed by atoms with Crippen molar-refractivity contribution in [1.82, 2.24) is 4.98 Å². The van der Waals surface area contributed by atoms with E-state index in [2.05, 4.69) is 15.6 Å². The van der Waals surface area contributed by atoms with Gasteiger partial charge in [-0.15, -0.1) is 0 Å². The first kappa shape index (κ1) is 19.9. The monoisotopic (exact) mass is 415 g/mol. The van der Waals surface area contributed by atoms with Crippen LogP contribution in [0.1, 0.15) is 11.1 Å². The van der Waals surface area contributed by atoms with Crippen LogP contribution in [0.25, 0.3) is 10.9 Å². The van der Waals surface area contributed by atoms with E-state index in [1.54, 1.807) is 36.5 Å². The quantitative estimate of drug-likeness (QED) is 0.393. The van der Waals surface area contributed by atoms with Crippen molar-refractivity contribution < 1.29 is 26.3 Å². The van der Waals surface area contributed by atoms with Crippen LogP contribution in [0.2, 0.25) is 0 Å². The minimum atomic E-state index is -4.94. The second-order valence-electron chi connectivity index (χ2n) is 5.75. The first-order valence-electron chi connectivity index (χ1n) is 7.75. The van der Waals surface area contributed by atoms with Gasteiger partial charge in [0.1, 0.15) is 0 Å². The molecule has 0 aliphatic heterocycles. The number of nitrogens with zero attached hydrogens (tertiary/aromatic N) is 1. The highest BCUT2D eigenvalue weighted by atomic mass is 32.1. The number of nitrogens with one attached hydrogen (secondary N) is 2. The van der Waals surface area contributed by atoms with Crippen LogP contribution in [0, 0.1) is 0 Å². The third-order valence-corrected chi connectivity index (χ3v) is 3.93. The lowest BCUT2D eigenvalue weighted by atomic mass is 10.1. The van der Waals surface area contributed by atoms with Crippen molar-refractivity contribution in [3.63, 3.8) is 0 Å². The first-order valence-corrected chi connectivity index (χ1v) is 8.16. The van der Waals surface area contributed by atoms with Crippen LogP contribution in [0.5, 0.6) is 0 Å². The van der Waals surface area contributed by atoms with Crippen molar-refractivity contribution >= 4 is 39.6 Å². The molecule has 0 unspecified atom stereocenters. The lowest BCUT2D eigenvalue weighted by Crippen LogP contribution is -2.20. The molecule has 0 atom stereocenters. The third kappa shape index (κ3) is 4.50. The Morgan fingerprint density at radius 1 is 0.821 bits per heavy atom.